The number of hydrogen-bond donors (Lipinski definition) is 2. The lowest BCUT2D eigenvalue weighted by Gasteiger charge is -2.13. The fourth-order valence-electron chi connectivity index (χ4n) is 2.10. The Morgan fingerprint density at radius 3 is 2.28 bits per heavy atom. The van der Waals surface area contributed by atoms with Crippen molar-refractivity contribution >= 4 is 0 Å². The van der Waals surface area contributed by atoms with Crippen molar-refractivity contribution in [1.29, 1.82) is 0 Å². The Kier molecular flexibility index (Phi) is 4.51. The Bertz CT molecular complexity index is 479. The predicted octanol–water partition coefficient (Wildman–Crippen LogP) is 2.64. The van der Waals surface area contributed by atoms with E-state index in [1.54, 1.807) is 0 Å². The van der Waals surface area contributed by atoms with Gasteiger partial charge < -0.3 is 10.2 Å². The first kappa shape index (κ1) is 12.8. The maximum absolute atomic E-state index is 9.81. The summed E-state index contributed by atoms with van der Waals surface area (Å²) in [6.45, 7) is 0.0225. The van der Waals surface area contributed by atoms with Crippen LogP contribution in [0.4, 0.5) is 0 Å². The zero-order valence-corrected chi connectivity index (χ0v) is 10.3. The topological polar surface area (TPSA) is 40.5 Å². The molecular weight excluding hydrogens is 224 g/mol. The minimum absolute atomic E-state index is 0.0225. The summed E-state index contributed by atoms with van der Waals surface area (Å²) in [6.07, 6.45) is 0.509. The fraction of sp³-hybridized carbons (Fsp3) is 0.250. The van der Waals surface area contributed by atoms with Crippen LogP contribution < -0.4 is 0 Å². The van der Waals surface area contributed by atoms with E-state index in [4.69, 9.17) is 5.11 Å². The molecule has 0 aromatic heterocycles. The van der Waals surface area contributed by atoms with E-state index in [1.165, 1.54) is 0 Å². The van der Waals surface area contributed by atoms with E-state index >= 15 is 0 Å². The Balaban J connectivity index is 2.26. The maximum Gasteiger partial charge on any atom is 0.0602 e. The minimum Gasteiger partial charge on any atom is -0.396 e. The zero-order valence-electron chi connectivity index (χ0n) is 10.3. The average Bonchev–Trinajstić information content (AvgIpc) is 2.40. The molecule has 0 aliphatic heterocycles. The van der Waals surface area contributed by atoms with Gasteiger partial charge >= 0.3 is 0 Å². The molecule has 1 atom stereocenters. The third-order valence-corrected chi connectivity index (χ3v) is 3.02. The molecule has 2 N–H and O–H groups in total. The number of aliphatic hydroxyl groups is 2. The molecule has 2 aromatic rings. The van der Waals surface area contributed by atoms with E-state index in [1.807, 2.05) is 36.4 Å². The highest BCUT2D eigenvalue weighted by Crippen LogP contribution is 2.24. The first-order valence-electron chi connectivity index (χ1n) is 6.23. The van der Waals surface area contributed by atoms with Crippen LogP contribution in [0.15, 0.2) is 54.6 Å². The Morgan fingerprint density at radius 1 is 0.889 bits per heavy atom. The van der Waals surface area contributed by atoms with Gasteiger partial charge in [-0.3, -0.25) is 0 Å². The van der Waals surface area contributed by atoms with Crippen LogP contribution in [0.3, 0.4) is 0 Å². The van der Waals surface area contributed by atoms with E-state index < -0.39 is 6.10 Å². The Hall–Kier alpha value is -1.64. The van der Waals surface area contributed by atoms with Crippen molar-refractivity contribution in [2.24, 2.45) is 0 Å². The van der Waals surface area contributed by atoms with Gasteiger partial charge in [0.1, 0.15) is 0 Å². The highest BCUT2D eigenvalue weighted by Gasteiger charge is 2.09. The smallest absolute Gasteiger partial charge is 0.0602 e. The summed E-state index contributed by atoms with van der Waals surface area (Å²) in [5, 5.41) is 18.7. The summed E-state index contributed by atoms with van der Waals surface area (Å²) in [7, 11) is 0. The lowest BCUT2D eigenvalue weighted by Crippen LogP contribution is -2.12. The summed E-state index contributed by atoms with van der Waals surface area (Å²) >= 11 is 0. The molecule has 94 valence electrons. The molecule has 2 aromatic carbocycles. The molecule has 0 fully saturated rings. The lowest BCUT2D eigenvalue weighted by atomic mass is 9.95. The van der Waals surface area contributed by atoms with Gasteiger partial charge in [0, 0.05) is 6.61 Å². The van der Waals surface area contributed by atoms with Crippen molar-refractivity contribution in [1.82, 2.24) is 0 Å². The lowest BCUT2D eigenvalue weighted by molar-refractivity contribution is 0.133. The second-order valence-electron chi connectivity index (χ2n) is 4.39. The first-order chi connectivity index (χ1) is 8.81. The Morgan fingerprint density at radius 2 is 1.56 bits per heavy atom. The van der Waals surface area contributed by atoms with Gasteiger partial charge in [-0.15, -0.1) is 0 Å². The first-order valence-corrected chi connectivity index (χ1v) is 6.23. The molecule has 2 heteroatoms. The van der Waals surface area contributed by atoms with E-state index in [0.29, 0.717) is 12.8 Å². The summed E-state index contributed by atoms with van der Waals surface area (Å²) in [4.78, 5) is 0. The highest BCUT2D eigenvalue weighted by atomic mass is 16.3. The van der Waals surface area contributed by atoms with Crippen molar-refractivity contribution in [2.45, 2.75) is 18.9 Å². The van der Waals surface area contributed by atoms with Crippen LogP contribution in [0.1, 0.15) is 12.0 Å². The van der Waals surface area contributed by atoms with Gasteiger partial charge in [0.05, 0.1) is 6.10 Å². The van der Waals surface area contributed by atoms with Gasteiger partial charge in [-0.25, -0.2) is 0 Å². The second kappa shape index (κ2) is 6.34. The van der Waals surface area contributed by atoms with Crippen LogP contribution in [0.2, 0.25) is 0 Å². The van der Waals surface area contributed by atoms with Gasteiger partial charge in [-0.2, -0.15) is 0 Å². The van der Waals surface area contributed by atoms with Gasteiger partial charge in [-0.05, 0) is 29.5 Å². The predicted molar refractivity (Wildman–Crippen MR) is 73.3 cm³/mol. The molecule has 0 bridgehead atoms. The molecule has 0 saturated heterocycles. The number of rotatable bonds is 5. The van der Waals surface area contributed by atoms with E-state index in [-0.39, 0.29) is 6.61 Å². The Labute approximate surface area is 108 Å². The van der Waals surface area contributed by atoms with Crippen molar-refractivity contribution in [3.63, 3.8) is 0 Å². The quantitative estimate of drug-likeness (QED) is 0.846. The summed E-state index contributed by atoms with van der Waals surface area (Å²) < 4.78 is 0. The molecule has 0 saturated carbocycles. The van der Waals surface area contributed by atoms with Crippen LogP contribution in [0.5, 0.6) is 0 Å². The van der Waals surface area contributed by atoms with Gasteiger partial charge in [0.25, 0.3) is 0 Å². The normalized spacial score (nSPS) is 12.3. The van der Waals surface area contributed by atoms with E-state index in [0.717, 1.165) is 16.7 Å². The van der Waals surface area contributed by atoms with Crippen LogP contribution in [0, 0.1) is 0 Å². The van der Waals surface area contributed by atoms with Crippen LogP contribution in [0.25, 0.3) is 11.1 Å². The van der Waals surface area contributed by atoms with E-state index in [9.17, 15) is 5.11 Å². The van der Waals surface area contributed by atoms with E-state index in [2.05, 4.69) is 18.2 Å². The SMILES string of the molecule is OCCC(O)Cc1ccccc1-c1ccccc1. The third kappa shape index (κ3) is 3.19. The summed E-state index contributed by atoms with van der Waals surface area (Å²) in [6, 6.07) is 18.2. The maximum atomic E-state index is 9.81. The standard InChI is InChI=1S/C16H18O2/c17-11-10-15(18)12-14-8-4-5-9-16(14)13-6-2-1-3-7-13/h1-9,15,17-18H,10-12H2. The van der Waals surface area contributed by atoms with Crippen molar-refractivity contribution in [3.05, 3.63) is 60.2 Å². The monoisotopic (exact) mass is 242 g/mol. The molecule has 1 unspecified atom stereocenters. The third-order valence-electron chi connectivity index (χ3n) is 3.02. The molecule has 0 aliphatic carbocycles. The van der Waals surface area contributed by atoms with Crippen molar-refractivity contribution in [3.8, 4) is 11.1 Å². The zero-order chi connectivity index (χ0) is 12.8. The molecule has 2 rings (SSSR count). The molecule has 2 nitrogen and oxygen atoms in total. The molecule has 0 heterocycles. The highest BCUT2D eigenvalue weighted by molar-refractivity contribution is 5.67. The largest absolute Gasteiger partial charge is 0.396 e. The average molecular weight is 242 g/mol. The van der Waals surface area contributed by atoms with Crippen molar-refractivity contribution < 1.29 is 10.2 Å². The molecule has 0 aliphatic rings. The van der Waals surface area contributed by atoms with Crippen LogP contribution in [-0.4, -0.2) is 22.9 Å². The van der Waals surface area contributed by atoms with Crippen molar-refractivity contribution in [2.75, 3.05) is 6.61 Å². The van der Waals surface area contributed by atoms with Gasteiger partial charge in [0.15, 0.2) is 0 Å². The minimum atomic E-state index is -0.486. The number of aliphatic hydroxyl groups excluding tert-OH is 2. The van der Waals surface area contributed by atoms with Gasteiger partial charge in [-0.1, -0.05) is 54.6 Å². The van der Waals surface area contributed by atoms with Gasteiger partial charge in [0.2, 0.25) is 0 Å². The summed E-state index contributed by atoms with van der Waals surface area (Å²) in [5.74, 6) is 0. The number of benzene rings is 2. The molecule has 18 heavy (non-hydrogen) atoms. The molecule has 0 spiro atoms. The molecule has 0 radical (unpaired) electrons. The fourth-order valence-corrected chi connectivity index (χ4v) is 2.10. The number of hydrogen-bond acceptors (Lipinski definition) is 2. The summed E-state index contributed by atoms with van der Waals surface area (Å²) in [5.41, 5.74) is 3.42. The molecule has 0 amide bonds. The van der Waals surface area contributed by atoms with Crippen LogP contribution in [-0.2, 0) is 6.42 Å². The second-order valence-corrected chi connectivity index (χ2v) is 4.39. The molecular formula is C16H18O2. The van der Waals surface area contributed by atoms with Crippen LogP contribution >= 0.6 is 0 Å².